The number of aromatic nitrogens is 4. The number of rotatable bonds is 3. The van der Waals surface area contributed by atoms with Gasteiger partial charge in [0.1, 0.15) is 11.6 Å². The molecule has 106 valence electrons. The van der Waals surface area contributed by atoms with Crippen molar-refractivity contribution in [3.8, 4) is 5.69 Å². The first kappa shape index (κ1) is 13.2. The fraction of sp³-hybridized carbons (Fsp3) is 0.0714. The molecule has 3 aromatic rings. The van der Waals surface area contributed by atoms with E-state index in [1.807, 2.05) is 0 Å². The van der Waals surface area contributed by atoms with Crippen LogP contribution in [0.25, 0.3) is 5.69 Å². The zero-order valence-corrected chi connectivity index (χ0v) is 10.8. The van der Waals surface area contributed by atoms with E-state index in [2.05, 4.69) is 10.4 Å². The Morgan fingerprint density at radius 2 is 1.71 bits per heavy atom. The van der Waals surface area contributed by atoms with Gasteiger partial charge in [-0.3, -0.25) is 0 Å². The molecule has 0 N–H and O–H groups in total. The van der Waals surface area contributed by atoms with Crippen LogP contribution in [0.5, 0.6) is 0 Å². The van der Waals surface area contributed by atoms with Crippen LogP contribution in [0, 0.1) is 11.6 Å². The highest BCUT2D eigenvalue weighted by Gasteiger charge is 2.09. The Hall–Kier alpha value is -2.83. The number of benzene rings is 2. The van der Waals surface area contributed by atoms with E-state index in [1.165, 1.54) is 30.3 Å². The van der Waals surface area contributed by atoms with Crippen LogP contribution in [-0.4, -0.2) is 19.8 Å². The zero-order chi connectivity index (χ0) is 14.8. The van der Waals surface area contributed by atoms with Gasteiger partial charge in [0.25, 0.3) is 0 Å². The van der Waals surface area contributed by atoms with Crippen LogP contribution in [0.4, 0.5) is 8.78 Å². The van der Waals surface area contributed by atoms with Crippen molar-refractivity contribution >= 4 is 0 Å². The maximum atomic E-state index is 13.2. The summed E-state index contributed by atoms with van der Waals surface area (Å²) in [5.41, 5.74) is 0.514. The van der Waals surface area contributed by atoms with Crippen molar-refractivity contribution < 1.29 is 8.78 Å². The van der Waals surface area contributed by atoms with Crippen molar-refractivity contribution in [3.63, 3.8) is 0 Å². The minimum absolute atomic E-state index is 0.161. The molecule has 21 heavy (non-hydrogen) atoms. The molecule has 2 aromatic carbocycles. The Kier molecular flexibility index (Phi) is 3.31. The molecule has 1 aromatic heterocycles. The summed E-state index contributed by atoms with van der Waals surface area (Å²) in [5, 5.41) is 7.46. The summed E-state index contributed by atoms with van der Waals surface area (Å²) in [5.74, 6) is -0.818. The molecule has 0 saturated carbocycles. The van der Waals surface area contributed by atoms with Crippen molar-refractivity contribution in [1.29, 1.82) is 0 Å². The third-order valence-electron chi connectivity index (χ3n) is 2.94. The standard InChI is InChI=1S/C14H10F2N4O/c15-11-6-4-10(5-7-11)9-19-14(21)20(18-17-19)13-3-1-2-12(16)8-13/h1-8H,9H2. The second-order valence-electron chi connectivity index (χ2n) is 4.44. The van der Waals surface area contributed by atoms with E-state index in [1.54, 1.807) is 18.2 Å². The van der Waals surface area contributed by atoms with Gasteiger partial charge in [-0.25, -0.2) is 13.6 Å². The molecule has 0 saturated heterocycles. The summed E-state index contributed by atoms with van der Waals surface area (Å²) in [4.78, 5) is 12.2. The molecule has 0 bridgehead atoms. The molecule has 0 aliphatic carbocycles. The first-order valence-corrected chi connectivity index (χ1v) is 6.17. The van der Waals surface area contributed by atoms with Gasteiger partial charge in [0, 0.05) is 0 Å². The van der Waals surface area contributed by atoms with Gasteiger partial charge in [-0.05, 0) is 46.3 Å². The maximum absolute atomic E-state index is 13.2. The lowest BCUT2D eigenvalue weighted by atomic mass is 10.2. The van der Waals surface area contributed by atoms with Crippen molar-refractivity contribution in [3.05, 3.63) is 76.2 Å². The average Bonchev–Trinajstić information content (AvgIpc) is 2.83. The summed E-state index contributed by atoms with van der Waals surface area (Å²) < 4.78 is 28.1. The summed E-state index contributed by atoms with van der Waals surface area (Å²) in [7, 11) is 0. The fourth-order valence-electron chi connectivity index (χ4n) is 1.91. The van der Waals surface area contributed by atoms with Gasteiger partial charge >= 0.3 is 5.69 Å². The molecule has 0 atom stereocenters. The molecule has 0 aliphatic rings. The van der Waals surface area contributed by atoms with Crippen LogP contribution in [0.1, 0.15) is 5.56 Å². The molecule has 5 nitrogen and oxygen atoms in total. The fourth-order valence-corrected chi connectivity index (χ4v) is 1.91. The van der Waals surface area contributed by atoms with Gasteiger partial charge < -0.3 is 0 Å². The van der Waals surface area contributed by atoms with Crippen molar-refractivity contribution in [1.82, 2.24) is 19.8 Å². The second kappa shape index (κ2) is 5.28. The Morgan fingerprint density at radius 1 is 0.952 bits per heavy atom. The Bertz CT molecular complexity index is 823. The van der Waals surface area contributed by atoms with Gasteiger partial charge in [-0.15, -0.1) is 0 Å². The van der Waals surface area contributed by atoms with E-state index >= 15 is 0 Å². The highest BCUT2D eigenvalue weighted by Crippen LogP contribution is 2.06. The summed E-state index contributed by atoms with van der Waals surface area (Å²) in [6.45, 7) is 0.161. The summed E-state index contributed by atoms with van der Waals surface area (Å²) >= 11 is 0. The van der Waals surface area contributed by atoms with Crippen LogP contribution in [-0.2, 0) is 6.54 Å². The minimum Gasteiger partial charge on any atom is -0.244 e. The molecule has 1 heterocycles. The SMILES string of the molecule is O=c1n(Cc2ccc(F)cc2)nnn1-c1cccc(F)c1. The number of tetrazole rings is 1. The van der Waals surface area contributed by atoms with E-state index < -0.39 is 11.5 Å². The molecule has 0 spiro atoms. The Morgan fingerprint density at radius 3 is 2.43 bits per heavy atom. The number of hydrogen-bond donors (Lipinski definition) is 0. The molecule has 0 unspecified atom stereocenters. The predicted octanol–water partition coefficient (Wildman–Crippen LogP) is 1.76. The summed E-state index contributed by atoms with van der Waals surface area (Å²) in [6, 6.07) is 11.2. The van der Waals surface area contributed by atoms with E-state index in [-0.39, 0.29) is 12.4 Å². The molecule has 0 amide bonds. The van der Waals surface area contributed by atoms with Crippen molar-refractivity contribution in [2.75, 3.05) is 0 Å². The topological polar surface area (TPSA) is 52.7 Å². The van der Waals surface area contributed by atoms with Gasteiger partial charge in [0.05, 0.1) is 12.2 Å². The van der Waals surface area contributed by atoms with Crippen LogP contribution in [0.2, 0.25) is 0 Å². The molecule has 0 fully saturated rings. The third kappa shape index (κ3) is 2.71. The molecule has 0 radical (unpaired) electrons. The normalized spacial score (nSPS) is 10.8. The monoisotopic (exact) mass is 288 g/mol. The zero-order valence-electron chi connectivity index (χ0n) is 10.8. The average molecular weight is 288 g/mol. The molecular weight excluding hydrogens is 278 g/mol. The van der Waals surface area contributed by atoms with Crippen LogP contribution >= 0.6 is 0 Å². The van der Waals surface area contributed by atoms with E-state index in [0.717, 1.165) is 9.36 Å². The lowest BCUT2D eigenvalue weighted by Crippen LogP contribution is -2.24. The van der Waals surface area contributed by atoms with Crippen LogP contribution in [0.3, 0.4) is 0 Å². The Labute approximate surface area is 118 Å². The van der Waals surface area contributed by atoms with Gasteiger partial charge in [-0.1, -0.05) is 18.2 Å². The molecule has 7 heteroatoms. The van der Waals surface area contributed by atoms with Crippen LogP contribution in [0.15, 0.2) is 53.3 Å². The van der Waals surface area contributed by atoms with E-state index in [9.17, 15) is 13.6 Å². The first-order chi connectivity index (χ1) is 10.1. The number of halogens is 2. The highest BCUT2D eigenvalue weighted by atomic mass is 19.1. The van der Waals surface area contributed by atoms with Crippen LogP contribution < -0.4 is 5.69 Å². The molecule has 0 aliphatic heterocycles. The first-order valence-electron chi connectivity index (χ1n) is 6.17. The van der Waals surface area contributed by atoms with E-state index in [0.29, 0.717) is 11.3 Å². The predicted molar refractivity (Wildman–Crippen MR) is 71.1 cm³/mol. The third-order valence-corrected chi connectivity index (χ3v) is 2.94. The highest BCUT2D eigenvalue weighted by molar-refractivity contribution is 5.30. The van der Waals surface area contributed by atoms with Gasteiger partial charge in [-0.2, -0.15) is 9.36 Å². The van der Waals surface area contributed by atoms with Crippen molar-refractivity contribution in [2.45, 2.75) is 6.54 Å². The van der Waals surface area contributed by atoms with E-state index in [4.69, 9.17) is 0 Å². The number of nitrogens with zero attached hydrogens (tertiary/aromatic N) is 4. The van der Waals surface area contributed by atoms with Gasteiger partial charge in [0.15, 0.2) is 0 Å². The second-order valence-corrected chi connectivity index (χ2v) is 4.44. The minimum atomic E-state index is -0.495. The largest absolute Gasteiger partial charge is 0.368 e. The molecular formula is C14H10F2N4O. The lowest BCUT2D eigenvalue weighted by Gasteiger charge is -2.00. The molecule has 3 rings (SSSR count). The maximum Gasteiger partial charge on any atom is 0.368 e. The van der Waals surface area contributed by atoms with Gasteiger partial charge in [0.2, 0.25) is 0 Å². The lowest BCUT2D eigenvalue weighted by molar-refractivity contribution is 0.616. The summed E-state index contributed by atoms with van der Waals surface area (Å²) in [6.07, 6.45) is 0. The number of hydrogen-bond acceptors (Lipinski definition) is 3. The smallest absolute Gasteiger partial charge is 0.244 e. The quantitative estimate of drug-likeness (QED) is 0.738. The Balaban J connectivity index is 1.92. The van der Waals surface area contributed by atoms with Crippen molar-refractivity contribution in [2.24, 2.45) is 0 Å².